The Balaban J connectivity index is 2.93. The molecule has 0 saturated carbocycles. The van der Waals surface area contributed by atoms with E-state index in [9.17, 15) is 0 Å². The highest BCUT2D eigenvalue weighted by Gasteiger charge is 2.03. The van der Waals surface area contributed by atoms with Crippen molar-refractivity contribution in [3.63, 3.8) is 0 Å². The number of rotatable bonds is 2. The minimum atomic E-state index is 0.617. The first-order valence-corrected chi connectivity index (χ1v) is 3.97. The lowest BCUT2D eigenvalue weighted by molar-refractivity contribution is 0.371. The number of methoxy groups -OCH3 is 1. The molecule has 0 amide bonds. The maximum atomic E-state index is 5.79. The SMILES string of the molecule is C=C(OC)c1ccsc1Cl. The summed E-state index contributed by atoms with van der Waals surface area (Å²) in [5, 5.41) is 1.90. The maximum absolute atomic E-state index is 5.79. The number of hydrogen-bond donors (Lipinski definition) is 0. The third-order valence-electron chi connectivity index (χ3n) is 1.16. The summed E-state index contributed by atoms with van der Waals surface area (Å²) in [6.45, 7) is 3.68. The van der Waals surface area contributed by atoms with Crippen LogP contribution >= 0.6 is 22.9 Å². The first kappa shape index (κ1) is 7.63. The van der Waals surface area contributed by atoms with Crippen molar-refractivity contribution in [2.24, 2.45) is 0 Å². The van der Waals surface area contributed by atoms with Crippen LogP contribution in [0.3, 0.4) is 0 Å². The number of ether oxygens (including phenoxy) is 1. The third kappa shape index (κ3) is 1.33. The fourth-order valence-corrected chi connectivity index (χ4v) is 1.56. The highest BCUT2D eigenvalue weighted by molar-refractivity contribution is 7.14. The van der Waals surface area contributed by atoms with Gasteiger partial charge in [-0.25, -0.2) is 0 Å². The fourth-order valence-electron chi connectivity index (χ4n) is 0.603. The van der Waals surface area contributed by atoms with E-state index in [-0.39, 0.29) is 0 Å². The molecule has 3 heteroatoms. The molecule has 0 spiro atoms. The Morgan fingerprint density at radius 2 is 2.50 bits per heavy atom. The van der Waals surface area contributed by atoms with E-state index in [2.05, 4.69) is 6.58 Å². The van der Waals surface area contributed by atoms with Crippen LogP contribution in [0.2, 0.25) is 4.34 Å². The first-order valence-electron chi connectivity index (χ1n) is 2.72. The Morgan fingerprint density at radius 3 is 2.90 bits per heavy atom. The summed E-state index contributed by atoms with van der Waals surface area (Å²) >= 11 is 7.26. The van der Waals surface area contributed by atoms with Crippen molar-refractivity contribution in [3.05, 3.63) is 27.9 Å². The molecule has 1 heterocycles. The molecule has 0 aliphatic heterocycles. The molecule has 0 bridgehead atoms. The number of halogens is 1. The molecular formula is C7H7ClOS. The van der Waals surface area contributed by atoms with E-state index in [1.807, 2.05) is 11.4 Å². The molecule has 0 radical (unpaired) electrons. The zero-order valence-corrected chi connectivity index (χ0v) is 7.13. The van der Waals surface area contributed by atoms with Crippen molar-refractivity contribution < 1.29 is 4.74 Å². The van der Waals surface area contributed by atoms with Gasteiger partial charge in [-0.05, 0) is 11.4 Å². The van der Waals surface area contributed by atoms with Crippen LogP contribution in [-0.4, -0.2) is 7.11 Å². The monoisotopic (exact) mass is 174 g/mol. The highest BCUT2D eigenvalue weighted by atomic mass is 35.5. The van der Waals surface area contributed by atoms with E-state index in [4.69, 9.17) is 16.3 Å². The van der Waals surface area contributed by atoms with Gasteiger partial charge in [-0.2, -0.15) is 0 Å². The van der Waals surface area contributed by atoms with Gasteiger partial charge < -0.3 is 4.74 Å². The van der Waals surface area contributed by atoms with Crippen LogP contribution in [0.15, 0.2) is 18.0 Å². The molecule has 1 aromatic heterocycles. The fraction of sp³-hybridized carbons (Fsp3) is 0.143. The van der Waals surface area contributed by atoms with Gasteiger partial charge in [0.1, 0.15) is 10.1 Å². The second kappa shape index (κ2) is 3.08. The van der Waals surface area contributed by atoms with Gasteiger partial charge in [-0.3, -0.25) is 0 Å². The van der Waals surface area contributed by atoms with Crippen LogP contribution in [0.5, 0.6) is 0 Å². The Morgan fingerprint density at radius 1 is 1.80 bits per heavy atom. The second-order valence-electron chi connectivity index (χ2n) is 1.74. The molecule has 1 aromatic rings. The quantitative estimate of drug-likeness (QED) is 0.627. The van der Waals surface area contributed by atoms with E-state index >= 15 is 0 Å². The van der Waals surface area contributed by atoms with Crippen LogP contribution in [-0.2, 0) is 4.74 Å². The normalized spacial score (nSPS) is 9.40. The zero-order valence-electron chi connectivity index (χ0n) is 5.56. The van der Waals surface area contributed by atoms with Crippen LogP contribution < -0.4 is 0 Å². The average molecular weight is 175 g/mol. The largest absolute Gasteiger partial charge is 0.497 e. The summed E-state index contributed by atoms with van der Waals surface area (Å²) < 4.78 is 5.63. The standard InChI is InChI=1S/C7H7ClOS/c1-5(9-2)6-3-4-10-7(6)8/h3-4H,1H2,2H3. The molecule has 0 aromatic carbocycles. The summed E-state index contributed by atoms with van der Waals surface area (Å²) in [5.74, 6) is 0.617. The van der Waals surface area contributed by atoms with Gasteiger partial charge in [0.05, 0.1) is 7.11 Å². The second-order valence-corrected chi connectivity index (χ2v) is 3.25. The first-order chi connectivity index (χ1) is 4.75. The zero-order chi connectivity index (χ0) is 7.56. The molecule has 0 saturated heterocycles. The molecule has 1 rings (SSSR count). The van der Waals surface area contributed by atoms with Gasteiger partial charge in [0.2, 0.25) is 0 Å². The average Bonchev–Trinajstić information content (AvgIpc) is 2.34. The van der Waals surface area contributed by atoms with E-state index in [1.54, 1.807) is 7.11 Å². The van der Waals surface area contributed by atoms with E-state index < -0.39 is 0 Å². The van der Waals surface area contributed by atoms with Crippen molar-refractivity contribution >= 4 is 28.7 Å². The van der Waals surface area contributed by atoms with Crippen molar-refractivity contribution in [1.29, 1.82) is 0 Å². The van der Waals surface area contributed by atoms with Crippen molar-refractivity contribution in [2.75, 3.05) is 7.11 Å². The molecule has 0 aliphatic carbocycles. The molecule has 0 N–H and O–H groups in total. The van der Waals surface area contributed by atoms with Gasteiger partial charge in [-0.15, -0.1) is 11.3 Å². The van der Waals surface area contributed by atoms with E-state index in [0.717, 1.165) is 9.90 Å². The topological polar surface area (TPSA) is 9.23 Å². The van der Waals surface area contributed by atoms with Gasteiger partial charge >= 0.3 is 0 Å². The van der Waals surface area contributed by atoms with Gasteiger partial charge in [0, 0.05) is 5.56 Å². The summed E-state index contributed by atoms with van der Waals surface area (Å²) in [4.78, 5) is 0. The van der Waals surface area contributed by atoms with Crippen molar-refractivity contribution in [2.45, 2.75) is 0 Å². The molecule has 0 aliphatic rings. The lowest BCUT2D eigenvalue weighted by atomic mass is 10.3. The van der Waals surface area contributed by atoms with E-state index in [1.165, 1.54) is 11.3 Å². The minimum absolute atomic E-state index is 0.617. The predicted molar refractivity (Wildman–Crippen MR) is 45.4 cm³/mol. The van der Waals surface area contributed by atoms with Gasteiger partial charge in [0.25, 0.3) is 0 Å². The maximum Gasteiger partial charge on any atom is 0.121 e. The van der Waals surface area contributed by atoms with Crippen LogP contribution in [0.1, 0.15) is 5.56 Å². The Kier molecular flexibility index (Phi) is 2.35. The smallest absolute Gasteiger partial charge is 0.121 e. The summed E-state index contributed by atoms with van der Waals surface area (Å²) in [5.41, 5.74) is 0.883. The van der Waals surface area contributed by atoms with Crippen molar-refractivity contribution in [3.8, 4) is 0 Å². The van der Waals surface area contributed by atoms with Crippen molar-refractivity contribution in [1.82, 2.24) is 0 Å². The Bertz CT molecular complexity index is 242. The summed E-state index contributed by atoms with van der Waals surface area (Å²) in [6, 6.07) is 1.89. The van der Waals surface area contributed by atoms with Crippen LogP contribution in [0.4, 0.5) is 0 Å². The number of thiophene rings is 1. The molecule has 0 unspecified atom stereocenters. The van der Waals surface area contributed by atoms with Gasteiger partial charge in [-0.1, -0.05) is 18.2 Å². The summed E-state index contributed by atoms with van der Waals surface area (Å²) in [7, 11) is 1.58. The lowest BCUT2D eigenvalue weighted by Gasteiger charge is -1.99. The molecule has 0 fully saturated rings. The number of hydrogen-bond acceptors (Lipinski definition) is 2. The highest BCUT2D eigenvalue weighted by Crippen LogP contribution is 2.28. The summed E-state index contributed by atoms with van der Waals surface area (Å²) in [6.07, 6.45) is 0. The minimum Gasteiger partial charge on any atom is -0.497 e. The third-order valence-corrected chi connectivity index (χ3v) is 2.33. The molecule has 54 valence electrons. The lowest BCUT2D eigenvalue weighted by Crippen LogP contribution is -1.80. The van der Waals surface area contributed by atoms with Gasteiger partial charge in [0.15, 0.2) is 0 Å². The van der Waals surface area contributed by atoms with Crippen LogP contribution in [0.25, 0.3) is 5.76 Å². The molecule has 10 heavy (non-hydrogen) atoms. The van der Waals surface area contributed by atoms with Crippen LogP contribution in [0, 0.1) is 0 Å². The molecule has 0 atom stereocenters. The Hall–Kier alpha value is -0.470. The molecular weight excluding hydrogens is 168 g/mol. The predicted octanol–water partition coefficient (Wildman–Crippen LogP) is 3.02. The Labute approximate surface area is 68.9 Å². The molecule has 1 nitrogen and oxygen atoms in total. The van der Waals surface area contributed by atoms with E-state index in [0.29, 0.717) is 5.76 Å².